The second-order valence-corrected chi connectivity index (χ2v) is 7.18. The fourth-order valence-corrected chi connectivity index (χ4v) is 2.54. The highest BCUT2D eigenvalue weighted by Gasteiger charge is 2.11. The molecule has 0 aliphatic heterocycles. The number of aromatic nitrogens is 1. The van der Waals surface area contributed by atoms with Crippen molar-refractivity contribution in [1.82, 2.24) is 4.98 Å². The van der Waals surface area contributed by atoms with Gasteiger partial charge in [0.15, 0.2) is 0 Å². The summed E-state index contributed by atoms with van der Waals surface area (Å²) >= 11 is 0. The molecule has 0 aromatic carbocycles. The average molecular weight is 444 g/mol. The molecule has 0 radical (unpaired) electrons. The molecular weight excluding hydrogens is 402 g/mol. The molecule has 7 heteroatoms. The zero-order valence-corrected chi connectivity index (χ0v) is 19.9. The summed E-state index contributed by atoms with van der Waals surface area (Å²) in [5, 5.41) is 9.58. The number of nitrogens with one attached hydrogen (secondary N) is 1. The van der Waals surface area contributed by atoms with E-state index in [4.69, 9.17) is 16.6 Å². The van der Waals surface area contributed by atoms with E-state index in [9.17, 15) is 4.79 Å². The summed E-state index contributed by atoms with van der Waals surface area (Å²) in [6, 6.07) is -0.615. The zero-order valence-electron chi connectivity index (χ0n) is 19.9. The molecule has 1 aliphatic rings. The summed E-state index contributed by atoms with van der Waals surface area (Å²) in [7, 11) is 1.00. The summed E-state index contributed by atoms with van der Waals surface area (Å²) < 4.78 is 0. The van der Waals surface area contributed by atoms with Gasteiger partial charge in [-0.05, 0) is 69.0 Å². The van der Waals surface area contributed by atoms with Crippen LogP contribution < -0.4 is 16.8 Å². The van der Waals surface area contributed by atoms with Crippen molar-refractivity contribution in [1.29, 1.82) is 0 Å². The predicted octanol–water partition coefficient (Wildman–Crippen LogP) is 5.33. The summed E-state index contributed by atoms with van der Waals surface area (Å²) in [5.41, 5.74) is 17.8. The number of pyridine rings is 1. The Kier molecular flexibility index (Phi) is 13.7. The molecule has 7 nitrogen and oxygen atoms in total. The molecule has 6 N–H and O–H groups in total. The fraction of sp³-hybridized carbons (Fsp3) is 0.320. The summed E-state index contributed by atoms with van der Waals surface area (Å²) in [6.07, 6.45) is 13.5. The largest absolute Gasteiger partial charge is 0.404 e. The van der Waals surface area contributed by atoms with Gasteiger partial charge >= 0.3 is 6.03 Å². The third kappa shape index (κ3) is 10.0. The van der Waals surface area contributed by atoms with Gasteiger partial charge in [-0.3, -0.25) is 9.98 Å². The Hall–Kier alpha value is -3.45. The Morgan fingerprint density at radius 1 is 1.19 bits per heavy atom. The van der Waals surface area contributed by atoms with Crippen LogP contribution in [0, 0.1) is 0 Å². The number of aliphatic imine (C=N–C) groups is 1. The van der Waals surface area contributed by atoms with E-state index in [2.05, 4.69) is 46.7 Å². The van der Waals surface area contributed by atoms with Crippen molar-refractivity contribution < 1.29 is 12.8 Å². The molecule has 1 aromatic heterocycles. The van der Waals surface area contributed by atoms with Crippen LogP contribution in [0.1, 0.15) is 54.5 Å². The number of primary amides is 1. The Morgan fingerprint density at radius 2 is 1.72 bits per heavy atom. The first-order valence-electron chi connectivity index (χ1n) is 10.3. The van der Waals surface area contributed by atoms with Gasteiger partial charge in [0.1, 0.15) is 0 Å². The van der Waals surface area contributed by atoms with Crippen LogP contribution in [0.4, 0.5) is 10.5 Å². The third-order valence-corrected chi connectivity index (χ3v) is 4.53. The van der Waals surface area contributed by atoms with Crippen molar-refractivity contribution in [2.24, 2.45) is 16.5 Å². The lowest BCUT2D eigenvalue weighted by atomic mass is 10.0. The van der Waals surface area contributed by atoms with E-state index in [0.717, 1.165) is 60.1 Å². The topological polar surface area (TPSA) is 127 Å². The number of hydrogen-bond acceptors (Lipinski definition) is 5. The minimum Gasteiger partial charge on any atom is -0.404 e. The lowest BCUT2D eigenvalue weighted by Crippen LogP contribution is -2.21. The maximum Gasteiger partial charge on any atom is 0.316 e. The van der Waals surface area contributed by atoms with Crippen molar-refractivity contribution in [3.05, 3.63) is 72.3 Å². The molecule has 32 heavy (non-hydrogen) atoms. The highest BCUT2D eigenvalue weighted by Crippen LogP contribution is 2.29. The first kappa shape index (κ1) is 28.5. The van der Waals surface area contributed by atoms with E-state index in [1.165, 1.54) is 5.57 Å². The van der Waals surface area contributed by atoms with Gasteiger partial charge < -0.3 is 21.9 Å². The number of nitrogens with zero attached hydrogens (tertiary/aromatic N) is 2. The molecule has 0 unspecified atom stereocenters. The predicted molar refractivity (Wildman–Crippen MR) is 142 cm³/mol. The zero-order chi connectivity index (χ0) is 24.7. The van der Waals surface area contributed by atoms with Crippen molar-refractivity contribution >= 4 is 28.6 Å². The van der Waals surface area contributed by atoms with Crippen LogP contribution >= 0.6 is 0 Å². The number of aliphatic hydroxyl groups excluding tert-OH is 1. The number of anilines is 1. The van der Waals surface area contributed by atoms with Crippen LogP contribution in [0.2, 0.25) is 0 Å². The van der Waals surface area contributed by atoms with Crippen LogP contribution in [0.25, 0.3) is 11.1 Å². The van der Waals surface area contributed by atoms with Crippen LogP contribution in [0.3, 0.4) is 0 Å². The smallest absolute Gasteiger partial charge is 0.316 e. The third-order valence-electron chi connectivity index (χ3n) is 4.53. The quantitative estimate of drug-likeness (QED) is 0.320. The van der Waals surface area contributed by atoms with Crippen LogP contribution in [0.15, 0.2) is 66.1 Å². The van der Waals surface area contributed by atoms with Gasteiger partial charge in [0.25, 0.3) is 0 Å². The number of rotatable bonds is 8. The lowest BCUT2D eigenvalue weighted by Gasteiger charge is -2.14. The van der Waals surface area contributed by atoms with Crippen molar-refractivity contribution in [2.75, 3.05) is 19.0 Å². The second-order valence-electron chi connectivity index (χ2n) is 7.18. The number of aliphatic hydroxyl groups is 1. The van der Waals surface area contributed by atoms with E-state index in [-0.39, 0.29) is 2.85 Å². The normalized spacial score (nSPS) is 12.2. The lowest BCUT2D eigenvalue weighted by molar-refractivity contribution is 0.259. The molecule has 0 saturated carbocycles. The van der Waals surface area contributed by atoms with E-state index in [1.54, 1.807) is 18.6 Å². The molecule has 0 atom stereocenters. The van der Waals surface area contributed by atoms with Gasteiger partial charge in [-0.1, -0.05) is 31.4 Å². The minimum atomic E-state index is -0.615. The van der Waals surface area contributed by atoms with E-state index < -0.39 is 6.03 Å². The molecule has 2 rings (SSSR count). The van der Waals surface area contributed by atoms with Crippen molar-refractivity contribution in [3.8, 4) is 0 Å². The highest BCUT2D eigenvalue weighted by atomic mass is 16.2. The number of hydrogen-bond donors (Lipinski definition) is 4. The van der Waals surface area contributed by atoms with Gasteiger partial charge in [0.05, 0.1) is 5.69 Å². The molecular formula is C25H41N5O2. The molecule has 1 heterocycles. The summed E-state index contributed by atoms with van der Waals surface area (Å²) in [4.78, 5) is 19.5. The Balaban J connectivity index is -0.000000502. The van der Waals surface area contributed by atoms with Crippen LogP contribution in [-0.2, 0) is 0 Å². The van der Waals surface area contributed by atoms with Gasteiger partial charge in [-0.2, -0.15) is 0 Å². The van der Waals surface area contributed by atoms with E-state index in [0.29, 0.717) is 5.69 Å². The molecule has 0 saturated heterocycles. The molecule has 0 fully saturated rings. The highest BCUT2D eigenvalue weighted by molar-refractivity contribution is 5.97. The molecule has 0 spiro atoms. The maximum atomic E-state index is 10.9. The Labute approximate surface area is 195 Å². The van der Waals surface area contributed by atoms with Gasteiger partial charge in [-0.25, -0.2) is 4.79 Å². The van der Waals surface area contributed by atoms with Gasteiger partial charge in [0, 0.05) is 45.7 Å². The molecule has 2 amide bonds. The number of carbonyl (C=O) groups excluding carboxylic acids is 1. The molecule has 178 valence electrons. The Morgan fingerprint density at radius 3 is 2.09 bits per heavy atom. The first-order valence-corrected chi connectivity index (χ1v) is 10.3. The average Bonchev–Trinajstić information content (AvgIpc) is 2.72. The van der Waals surface area contributed by atoms with E-state index in [1.807, 2.05) is 27.7 Å². The van der Waals surface area contributed by atoms with Gasteiger partial charge in [-0.15, -0.1) is 0 Å². The van der Waals surface area contributed by atoms with Crippen LogP contribution in [0.5, 0.6) is 0 Å². The molecule has 1 aromatic rings. The molecule has 0 bridgehead atoms. The van der Waals surface area contributed by atoms with Crippen molar-refractivity contribution in [2.45, 2.75) is 40.5 Å². The number of allylic oxidation sites excluding steroid dienone is 7. The maximum absolute atomic E-state index is 10.9. The Bertz CT molecular complexity index is 903. The second kappa shape index (κ2) is 15.4. The fourth-order valence-electron chi connectivity index (χ4n) is 2.54. The molecule has 1 aliphatic carbocycles. The standard InChI is InChI=1S/C12H15N3O.C12H18N2.CH4O.2H2/c1-7(2)9-5-14-6-10(8(3)4)11(9)15-12(13)16;1-10(9-13)11(2)14-8-4-7-12-5-3-6-12;1-2;;/h5-6H,1,3H2,2,4H3,(H3,13,14,15,16);3,5-6,9H,4,7-8,13H2,1-2H3;2H,1H3;2*1H/b;10-9-,14-11?;;;. The van der Waals surface area contributed by atoms with E-state index >= 15 is 0 Å². The number of carbonyl (C=O) groups is 1. The SMILES string of the molecule is C=C(C)c1cncc(C(=C)C)c1NC(N)=O.CC(=NCCCC1=CC=C1)/C(C)=C\N.CO.[HH].[HH]. The summed E-state index contributed by atoms with van der Waals surface area (Å²) in [6.45, 7) is 16.2. The monoisotopic (exact) mass is 443 g/mol. The number of amides is 2. The minimum absolute atomic E-state index is 0. The first-order chi connectivity index (χ1) is 15.2. The van der Waals surface area contributed by atoms with Crippen LogP contribution in [-0.4, -0.2) is 35.5 Å². The van der Waals surface area contributed by atoms with Crippen molar-refractivity contribution in [3.63, 3.8) is 0 Å². The van der Waals surface area contributed by atoms with Gasteiger partial charge in [0.2, 0.25) is 0 Å². The summed E-state index contributed by atoms with van der Waals surface area (Å²) in [5.74, 6) is 0. The number of nitrogens with two attached hydrogens (primary N) is 2. The number of urea groups is 1.